The minimum Gasteiger partial charge on any atom is -0.358 e. The second-order valence-electron chi connectivity index (χ2n) is 9.12. The average Bonchev–Trinajstić information content (AvgIpc) is 3.14. The summed E-state index contributed by atoms with van der Waals surface area (Å²) in [7, 11) is 0. The number of rotatable bonds is 10. The van der Waals surface area contributed by atoms with Gasteiger partial charge in [-0.15, -0.1) is 0 Å². The van der Waals surface area contributed by atoms with Crippen LogP contribution in [-0.4, -0.2) is 24.0 Å². The summed E-state index contributed by atoms with van der Waals surface area (Å²) in [6, 6.07) is 0.433. The Labute approximate surface area is 182 Å². The summed E-state index contributed by atoms with van der Waals surface area (Å²) in [5, 5.41) is 3.42. The predicted octanol–water partition coefficient (Wildman–Crippen LogP) is 7.64. The molecule has 1 atom stereocenters. The first-order valence-electron chi connectivity index (χ1n) is 11.5. The van der Waals surface area contributed by atoms with Crippen LogP contribution in [0.5, 0.6) is 0 Å². The largest absolute Gasteiger partial charge is 0.358 e. The van der Waals surface area contributed by atoms with E-state index in [9.17, 15) is 0 Å². The summed E-state index contributed by atoms with van der Waals surface area (Å²) >= 11 is 0. The van der Waals surface area contributed by atoms with Gasteiger partial charge in [0.05, 0.1) is 0 Å². The zero-order chi connectivity index (χ0) is 22.6. The van der Waals surface area contributed by atoms with Crippen LogP contribution in [-0.2, 0) is 0 Å². The van der Waals surface area contributed by atoms with E-state index in [1.807, 2.05) is 0 Å². The molecule has 1 unspecified atom stereocenters. The molecule has 1 N–H and O–H groups in total. The van der Waals surface area contributed by atoms with Gasteiger partial charge in [-0.2, -0.15) is 0 Å². The molecule has 166 valence electrons. The minimum absolute atomic E-state index is 0.433. The van der Waals surface area contributed by atoms with E-state index >= 15 is 0 Å². The van der Waals surface area contributed by atoms with Crippen molar-refractivity contribution in [2.24, 2.45) is 11.8 Å². The number of likely N-dealkylation sites (N-methyl/N-ethyl adjacent to an activating group) is 1. The summed E-state index contributed by atoms with van der Waals surface area (Å²) in [5.74, 6) is 1.52. The Balaban J connectivity index is 0.00000139. The smallest absolute Gasteiger partial charge is 0.0492 e. The Morgan fingerprint density at radius 3 is 2.03 bits per heavy atom. The summed E-state index contributed by atoms with van der Waals surface area (Å²) in [4.78, 5) is 2.47. The van der Waals surface area contributed by atoms with Crippen molar-refractivity contribution in [2.75, 3.05) is 13.1 Å². The Kier molecular flexibility index (Phi) is 13.7. The van der Waals surface area contributed by atoms with Crippen molar-refractivity contribution in [3.8, 4) is 0 Å². The van der Waals surface area contributed by atoms with Crippen molar-refractivity contribution in [2.45, 2.75) is 87.1 Å². The molecule has 1 heterocycles. The number of likely N-dealkylation sites (tertiary alicyclic amines) is 1. The van der Waals surface area contributed by atoms with E-state index in [1.54, 1.807) is 0 Å². The highest BCUT2D eigenvalue weighted by molar-refractivity contribution is 5.36. The van der Waals surface area contributed by atoms with Gasteiger partial charge in [-0.1, -0.05) is 85.4 Å². The molecule has 0 radical (unpaired) electrons. The summed E-state index contributed by atoms with van der Waals surface area (Å²) in [6.45, 7) is 32.4. The molecule has 0 bridgehead atoms. The van der Waals surface area contributed by atoms with Gasteiger partial charge in [-0.25, -0.2) is 0 Å². The Morgan fingerprint density at radius 2 is 1.55 bits per heavy atom. The molecule has 2 heteroatoms. The number of hydrogen-bond acceptors (Lipinski definition) is 2. The molecular formula is C27H48N2. The molecule has 0 aromatic rings. The lowest BCUT2D eigenvalue weighted by molar-refractivity contribution is 0.290. The topological polar surface area (TPSA) is 15.3 Å². The molecule has 1 aliphatic rings. The van der Waals surface area contributed by atoms with Crippen LogP contribution in [0, 0.1) is 11.8 Å². The van der Waals surface area contributed by atoms with Gasteiger partial charge < -0.3 is 5.32 Å². The third-order valence-electron chi connectivity index (χ3n) is 5.57. The predicted molar refractivity (Wildman–Crippen MR) is 133 cm³/mol. The van der Waals surface area contributed by atoms with Crippen molar-refractivity contribution in [3.63, 3.8) is 0 Å². The Hall–Kier alpha value is -1.54. The molecule has 0 saturated carbocycles. The lowest BCUT2D eigenvalue weighted by Crippen LogP contribution is -2.35. The number of allylic oxidation sites excluding steroid dienone is 5. The fourth-order valence-corrected chi connectivity index (χ4v) is 3.10. The maximum Gasteiger partial charge on any atom is 0.0492 e. The standard InChI is InChI=1S/C22H36N2.C5H12/c1-9-24-14-10-11-22(24)21(8)23-20(7)18(5)13-12-17(4)19(6)15-16(2)3;1-4-5(2)3/h12-13,16,22-23H,6-11,14-15H2,1-5H3;5H,4H2,1-3H3/b17-12+,18-13+;. The zero-order valence-electron chi connectivity index (χ0n) is 20.7. The van der Waals surface area contributed by atoms with Crippen molar-refractivity contribution in [1.82, 2.24) is 10.2 Å². The lowest BCUT2D eigenvalue weighted by Gasteiger charge is -2.26. The second-order valence-corrected chi connectivity index (χ2v) is 9.12. The van der Waals surface area contributed by atoms with Gasteiger partial charge in [-0.05, 0) is 69.2 Å². The lowest BCUT2D eigenvalue weighted by atomic mass is 9.98. The van der Waals surface area contributed by atoms with Gasteiger partial charge in [0.15, 0.2) is 0 Å². The molecule has 0 aromatic carbocycles. The molecule has 1 fully saturated rings. The summed E-state index contributed by atoms with van der Waals surface area (Å²) < 4.78 is 0. The molecule has 1 rings (SSSR count). The van der Waals surface area contributed by atoms with Crippen molar-refractivity contribution < 1.29 is 0 Å². The maximum absolute atomic E-state index is 4.24. The van der Waals surface area contributed by atoms with Crippen LogP contribution in [0.25, 0.3) is 0 Å². The Morgan fingerprint density at radius 1 is 1.00 bits per heavy atom. The normalized spacial score (nSPS) is 17.9. The van der Waals surface area contributed by atoms with Crippen LogP contribution in [0.2, 0.25) is 0 Å². The average molecular weight is 401 g/mol. The van der Waals surface area contributed by atoms with Crippen molar-refractivity contribution in [1.29, 1.82) is 0 Å². The fourth-order valence-electron chi connectivity index (χ4n) is 3.10. The minimum atomic E-state index is 0.433. The molecular weight excluding hydrogens is 352 g/mol. The molecule has 1 aliphatic heterocycles. The van der Waals surface area contributed by atoms with Gasteiger partial charge in [0.1, 0.15) is 0 Å². The molecule has 0 spiro atoms. The van der Waals surface area contributed by atoms with E-state index in [-0.39, 0.29) is 0 Å². The van der Waals surface area contributed by atoms with E-state index < -0.39 is 0 Å². The fraction of sp³-hybridized carbons (Fsp3) is 0.630. The Bertz CT molecular complexity index is 590. The molecule has 2 nitrogen and oxygen atoms in total. The molecule has 0 amide bonds. The number of nitrogens with zero attached hydrogens (tertiary/aromatic N) is 1. The SMILES string of the molecule is C=C(CC(C)C)/C(C)=C/C=C(\C)C(=C)NC(=C)C1CCCN1CC.CCC(C)C. The van der Waals surface area contributed by atoms with Crippen molar-refractivity contribution >= 4 is 0 Å². The third kappa shape index (κ3) is 11.3. The first-order chi connectivity index (χ1) is 13.5. The van der Waals surface area contributed by atoms with Gasteiger partial charge in [0, 0.05) is 17.4 Å². The van der Waals surface area contributed by atoms with Crippen LogP contribution in [0.15, 0.2) is 60.0 Å². The summed E-state index contributed by atoms with van der Waals surface area (Å²) in [6.07, 6.45) is 9.04. The van der Waals surface area contributed by atoms with Gasteiger partial charge in [-0.3, -0.25) is 4.90 Å². The van der Waals surface area contributed by atoms with Crippen LogP contribution in [0.3, 0.4) is 0 Å². The van der Waals surface area contributed by atoms with E-state index in [2.05, 4.69) is 97.5 Å². The maximum atomic E-state index is 4.24. The van der Waals surface area contributed by atoms with Crippen LogP contribution in [0.1, 0.15) is 81.1 Å². The molecule has 0 aromatic heterocycles. The van der Waals surface area contributed by atoms with E-state index in [0.717, 1.165) is 35.9 Å². The molecule has 0 aliphatic carbocycles. The highest BCUT2D eigenvalue weighted by atomic mass is 15.2. The number of nitrogens with one attached hydrogen (secondary N) is 1. The number of hydrogen-bond donors (Lipinski definition) is 1. The van der Waals surface area contributed by atoms with Gasteiger partial charge in [0.25, 0.3) is 0 Å². The first kappa shape index (κ1) is 27.5. The van der Waals surface area contributed by atoms with Crippen LogP contribution in [0.4, 0.5) is 0 Å². The molecule has 29 heavy (non-hydrogen) atoms. The van der Waals surface area contributed by atoms with E-state index in [4.69, 9.17) is 0 Å². The molecule has 1 saturated heterocycles. The monoisotopic (exact) mass is 400 g/mol. The van der Waals surface area contributed by atoms with Gasteiger partial charge in [0.2, 0.25) is 0 Å². The van der Waals surface area contributed by atoms with E-state index in [1.165, 1.54) is 37.0 Å². The quantitative estimate of drug-likeness (QED) is 0.379. The summed E-state index contributed by atoms with van der Waals surface area (Å²) in [5.41, 5.74) is 5.58. The van der Waals surface area contributed by atoms with Crippen LogP contribution >= 0.6 is 0 Å². The van der Waals surface area contributed by atoms with E-state index in [0.29, 0.717) is 12.0 Å². The van der Waals surface area contributed by atoms with Crippen LogP contribution < -0.4 is 5.32 Å². The van der Waals surface area contributed by atoms with Crippen molar-refractivity contribution in [3.05, 3.63) is 60.0 Å². The third-order valence-corrected chi connectivity index (χ3v) is 5.57. The second kappa shape index (κ2) is 14.4. The highest BCUT2D eigenvalue weighted by Gasteiger charge is 2.25. The zero-order valence-corrected chi connectivity index (χ0v) is 20.7. The highest BCUT2D eigenvalue weighted by Crippen LogP contribution is 2.22. The first-order valence-corrected chi connectivity index (χ1v) is 11.5. The van der Waals surface area contributed by atoms with Gasteiger partial charge >= 0.3 is 0 Å².